The first kappa shape index (κ1) is 25.8. The molecule has 1 aliphatic heterocycles. The first-order chi connectivity index (χ1) is 16.5. The van der Waals surface area contributed by atoms with Gasteiger partial charge in [-0.1, -0.05) is 27.2 Å². The second-order valence-corrected chi connectivity index (χ2v) is 9.29. The van der Waals surface area contributed by atoms with E-state index >= 15 is 0 Å². The van der Waals surface area contributed by atoms with Crippen molar-refractivity contribution in [2.24, 2.45) is 5.92 Å². The number of unbranched alkanes of at least 4 members (excludes halogenated alkanes) is 1. The van der Waals surface area contributed by atoms with E-state index in [1.54, 1.807) is 28.2 Å². The van der Waals surface area contributed by atoms with E-state index in [-0.39, 0.29) is 30.4 Å². The average Bonchev–Trinajstić information content (AvgIpc) is 3.52. The van der Waals surface area contributed by atoms with Crippen molar-refractivity contribution in [3.63, 3.8) is 0 Å². The molecule has 0 saturated carbocycles. The van der Waals surface area contributed by atoms with E-state index in [9.17, 15) is 9.59 Å². The van der Waals surface area contributed by atoms with Crippen molar-refractivity contribution in [1.82, 2.24) is 9.80 Å². The SMILES string of the molecule is CCCCOc1ccc(C(=O)N(CC(=O)N(Cc2ccco2)CC2CCCO2)CC(C)C)cc1. The molecule has 186 valence electrons. The average molecular weight is 471 g/mol. The number of carbonyl (C=O) groups excluding carboxylic acids is 2. The van der Waals surface area contributed by atoms with Gasteiger partial charge < -0.3 is 23.7 Å². The third kappa shape index (κ3) is 7.90. The Kier molecular flexibility index (Phi) is 10.0. The lowest BCUT2D eigenvalue weighted by Crippen LogP contribution is -2.46. The Balaban J connectivity index is 1.69. The van der Waals surface area contributed by atoms with Gasteiger partial charge in [-0.15, -0.1) is 0 Å². The van der Waals surface area contributed by atoms with Gasteiger partial charge in [-0.2, -0.15) is 0 Å². The lowest BCUT2D eigenvalue weighted by Gasteiger charge is -2.29. The molecule has 0 radical (unpaired) electrons. The molecule has 1 unspecified atom stereocenters. The highest BCUT2D eigenvalue weighted by atomic mass is 16.5. The quantitative estimate of drug-likeness (QED) is 0.395. The summed E-state index contributed by atoms with van der Waals surface area (Å²) in [7, 11) is 0. The van der Waals surface area contributed by atoms with Crippen LogP contribution in [0.2, 0.25) is 0 Å². The lowest BCUT2D eigenvalue weighted by atomic mass is 10.1. The summed E-state index contributed by atoms with van der Waals surface area (Å²) in [5.41, 5.74) is 0.549. The largest absolute Gasteiger partial charge is 0.494 e. The van der Waals surface area contributed by atoms with Gasteiger partial charge in [0.1, 0.15) is 18.1 Å². The smallest absolute Gasteiger partial charge is 0.254 e. The summed E-state index contributed by atoms with van der Waals surface area (Å²) in [6, 6.07) is 10.9. The van der Waals surface area contributed by atoms with Crippen LogP contribution in [0.1, 0.15) is 62.6 Å². The fraction of sp³-hybridized carbons (Fsp3) is 0.556. The molecule has 0 bridgehead atoms. The Morgan fingerprint density at radius 3 is 2.56 bits per heavy atom. The molecule has 7 heteroatoms. The number of hydrogen-bond acceptors (Lipinski definition) is 5. The minimum Gasteiger partial charge on any atom is -0.494 e. The molecule has 2 amide bonds. The fourth-order valence-corrected chi connectivity index (χ4v) is 4.01. The molecule has 0 aliphatic carbocycles. The zero-order chi connectivity index (χ0) is 24.3. The van der Waals surface area contributed by atoms with Crippen molar-refractivity contribution in [1.29, 1.82) is 0 Å². The highest BCUT2D eigenvalue weighted by Gasteiger charge is 2.27. The second kappa shape index (κ2) is 13.2. The van der Waals surface area contributed by atoms with Crippen LogP contribution in [0, 0.1) is 5.92 Å². The molecule has 0 N–H and O–H groups in total. The number of hydrogen-bond donors (Lipinski definition) is 0. The Bertz CT molecular complexity index is 873. The van der Waals surface area contributed by atoms with E-state index < -0.39 is 0 Å². The summed E-state index contributed by atoms with van der Waals surface area (Å²) in [6.45, 7) is 8.95. The molecular formula is C27H38N2O5. The molecule has 7 nitrogen and oxygen atoms in total. The third-order valence-electron chi connectivity index (χ3n) is 5.79. The zero-order valence-corrected chi connectivity index (χ0v) is 20.7. The maximum absolute atomic E-state index is 13.4. The highest BCUT2D eigenvalue weighted by molar-refractivity contribution is 5.96. The Labute approximate surface area is 203 Å². The predicted octanol–water partition coefficient (Wildman–Crippen LogP) is 4.76. The first-order valence-corrected chi connectivity index (χ1v) is 12.4. The van der Waals surface area contributed by atoms with Crippen molar-refractivity contribution in [2.75, 3.05) is 32.8 Å². The normalized spacial score (nSPS) is 15.5. The van der Waals surface area contributed by atoms with E-state index in [1.165, 1.54) is 0 Å². The van der Waals surface area contributed by atoms with E-state index in [0.29, 0.717) is 37.6 Å². The van der Waals surface area contributed by atoms with Crippen LogP contribution in [0.25, 0.3) is 0 Å². The second-order valence-electron chi connectivity index (χ2n) is 9.29. The Morgan fingerprint density at radius 2 is 1.94 bits per heavy atom. The highest BCUT2D eigenvalue weighted by Crippen LogP contribution is 2.18. The fourth-order valence-electron chi connectivity index (χ4n) is 4.01. The van der Waals surface area contributed by atoms with Crippen LogP contribution in [0.3, 0.4) is 0 Å². The van der Waals surface area contributed by atoms with E-state index in [4.69, 9.17) is 13.9 Å². The van der Waals surface area contributed by atoms with Crippen molar-refractivity contribution >= 4 is 11.8 Å². The molecular weight excluding hydrogens is 432 g/mol. The van der Waals surface area contributed by atoms with Gasteiger partial charge in [0.2, 0.25) is 5.91 Å². The van der Waals surface area contributed by atoms with Crippen molar-refractivity contribution < 1.29 is 23.5 Å². The monoisotopic (exact) mass is 470 g/mol. The van der Waals surface area contributed by atoms with Crippen LogP contribution in [0.15, 0.2) is 47.1 Å². The topological polar surface area (TPSA) is 72.2 Å². The molecule has 0 spiro atoms. The zero-order valence-electron chi connectivity index (χ0n) is 20.7. The molecule has 1 saturated heterocycles. The van der Waals surface area contributed by atoms with Gasteiger partial charge in [-0.25, -0.2) is 0 Å². The van der Waals surface area contributed by atoms with Crippen LogP contribution in [-0.4, -0.2) is 60.6 Å². The van der Waals surface area contributed by atoms with E-state index in [2.05, 4.69) is 6.92 Å². The summed E-state index contributed by atoms with van der Waals surface area (Å²) >= 11 is 0. The van der Waals surface area contributed by atoms with Gasteiger partial charge in [0.05, 0.1) is 25.5 Å². The van der Waals surface area contributed by atoms with Crippen LogP contribution >= 0.6 is 0 Å². The number of ether oxygens (including phenoxy) is 2. The maximum atomic E-state index is 13.4. The number of benzene rings is 1. The van der Waals surface area contributed by atoms with E-state index in [1.807, 2.05) is 38.1 Å². The van der Waals surface area contributed by atoms with Crippen LogP contribution in [0.5, 0.6) is 5.75 Å². The summed E-state index contributed by atoms with van der Waals surface area (Å²) < 4.78 is 17.0. The molecule has 34 heavy (non-hydrogen) atoms. The van der Waals surface area contributed by atoms with Gasteiger partial charge in [-0.05, 0) is 61.6 Å². The number of carbonyl (C=O) groups is 2. The summed E-state index contributed by atoms with van der Waals surface area (Å²) in [5.74, 6) is 1.42. The van der Waals surface area contributed by atoms with Crippen molar-refractivity contribution in [2.45, 2.75) is 59.1 Å². The van der Waals surface area contributed by atoms with Crippen LogP contribution < -0.4 is 4.74 Å². The summed E-state index contributed by atoms with van der Waals surface area (Å²) in [5, 5.41) is 0. The molecule has 3 rings (SSSR count). The maximum Gasteiger partial charge on any atom is 0.254 e. The number of amides is 2. The molecule has 1 aromatic carbocycles. The number of rotatable bonds is 13. The van der Waals surface area contributed by atoms with Gasteiger partial charge in [0.15, 0.2) is 0 Å². The van der Waals surface area contributed by atoms with Crippen LogP contribution in [-0.2, 0) is 16.1 Å². The minimum atomic E-state index is -0.155. The van der Waals surface area contributed by atoms with Crippen molar-refractivity contribution in [3.8, 4) is 5.75 Å². The summed E-state index contributed by atoms with van der Waals surface area (Å²) in [4.78, 5) is 30.1. The summed E-state index contributed by atoms with van der Waals surface area (Å²) in [6.07, 6.45) is 5.62. The Morgan fingerprint density at radius 1 is 1.15 bits per heavy atom. The predicted molar refractivity (Wildman–Crippen MR) is 131 cm³/mol. The third-order valence-corrected chi connectivity index (χ3v) is 5.79. The molecule has 2 heterocycles. The van der Waals surface area contributed by atoms with Crippen LogP contribution in [0.4, 0.5) is 0 Å². The molecule has 1 atom stereocenters. The van der Waals surface area contributed by atoms with Gasteiger partial charge in [-0.3, -0.25) is 9.59 Å². The van der Waals surface area contributed by atoms with Gasteiger partial charge in [0, 0.05) is 25.3 Å². The van der Waals surface area contributed by atoms with Gasteiger partial charge in [0.25, 0.3) is 5.91 Å². The van der Waals surface area contributed by atoms with Crippen molar-refractivity contribution in [3.05, 3.63) is 54.0 Å². The Hall–Kier alpha value is -2.80. The number of furan rings is 1. The first-order valence-electron chi connectivity index (χ1n) is 12.4. The number of nitrogens with zero attached hydrogens (tertiary/aromatic N) is 2. The molecule has 1 aromatic heterocycles. The molecule has 1 aliphatic rings. The molecule has 1 fully saturated rings. The minimum absolute atomic E-state index is 0.0131. The standard InChI is InChI=1S/C27H38N2O5/c1-4-5-14-32-23-12-10-22(11-13-23)27(31)29(17-21(2)3)20-26(30)28(18-24-8-6-15-33-24)19-25-9-7-16-34-25/h6,8,10-13,15,21,25H,4-5,7,9,14,16-20H2,1-3H3. The van der Waals surface area contributed by atoms with Gasteiger partial charge >= 0.3 is 0 Å². The lowest BCUT2D eigenvalue weighted by molar-refractivity contribution is -0.134. The molecule has 2 aromatic rings. The van der Waals surface area contributed by atoms with E-state index in [0.717, 1.165) is 38.0 Å².